The normalized spacial score (nSPS) is 10.3. The van der Waals surface area contributed by atoms with Gasteiger partial charge in [-0.25, -0.2) is 4.57 Å². The van der Waals surface area contributed by atoms with E-state index >= 15 is 0 Å². The maximum absolute atomic E-state index is 12.2. The van der Waals surface area contributed by atoms with Crippen molar-refractivity contribution >= 4 is 28.7 Å². The number of nitrogens with two attached hydrogens (primary N) is 1. The van der Waals surface area contributed by atoms with Crippen molar-refractivity contribution in [3.05, 3.63) is 60.4 Å². The van der Waals surface area contributed by atoms with E-state index in [9.17, 15) is 14.4 Å². The molecular weight excluding hydrogens is 350 g/mol. The summed E-state index contributed by atoms with van der Waals surface area (Å²) in [7, 11) is 0. The summed E-state index contributed by atoms with van der Waals surface area (Å²) in [6, 6.07) is 12.7. The fourth-order valence-corrected chi connectivity index (χ4v) is 3.24. The van der Waals surface area contributed by atoms with Crippen molar-refractivity contribution in [3.63, 3.8) is 0 Å². The monoisotopic (exact) mass is 372 g/mol. The summed E-state index contributed by atoms with van der Waals surface area (Å²) in [5, 5.41) is 2.45. The summed E-state index contributed by atoms with van der Waals surface area (Å²) in [5.74, 6) is -1.03. The van der Waals surface area contributed by atoms with Crippen molar-refractivity contribution < 1.29 is 19.0 Å². The van der Waals surface area contributed by atoms with Crippen LogP contribution in [0, 0.1) is 0 Å². The van der Waals surface area contributed by atoms with Crippen molar-refractivity contribution in [2.45, 2.75) is 30.7 Å². The number of thioether (sulfide) groups is 1. The molecule has 0 aliphatic carbocycles. The first-order chi connectivity index (χ1) is 12.6. The van der Waals surface area contributed by atoms with Gasteiger partial charge >= 0.3 is 0 Å². The Hall–Kier alpha value is -2.67. The fourth-order valence-electron chi connectivity index (χ4n) is 2.33. The number of rotatable bonds is 9. The smallest absolute Gasteiger partial charge is 0.252 e. The average Bonchev–Trinajstić information content (AvgIpc) is 2.64. The van der Waals surface area contributed by atoms with E-state index in [1.807, 2.05) is 30.6 Å². The molecule has 0 saturated heterocycles. The number of aryl methyl sites for hydroxylation is 1. The zero-order chi connectivity index (χ0) is 18.8. The van der Waals surface area contributed by atoms with Crippen LogP contribution < -0.4 is 15.6 Å². The molecule has 1 heterocycles. The molecule has 0 aliphatic heterocycles. The molecule has 1 aromatic heterocycles. The third kappa shape index (κ3) is 6.68. The van der Waals surface area contributed by atoms with Gasteiger partial charge in [-0.15, -0.1) is 0 Å². The lowest BCUT2D eigenvalue weighted by Gasteiger charge is -2.08. The SMILES string of the molecule is NC(=O)CNC(=O)c1ccccc1SC(=O)CCCC[n+]1ccccc1. The largest absolute Gasteiger partial charge is 0.368 e. The quantitative estimate of drug-likeness (QED) is 0.398. The van der Waals surface area contributed by atoms with Gasteiger partial charge in [-0.05, 0) is 18.6 Å². The van der Waals surface area contributed by atoms with Crippen LogP contribution in [0.25, 0.3) is 0 Å². The van der Waals surface area contributed by atoms with E-state index < -0.39 is 11.8 Å². The van der Waals surface area contributed by atoms with Crippen molar-refractivity contribution in [2.75, 3.05) is 6.54 Å². The van der Waals surface area contributed by atoms with Crippen molar-refractivity contribution in [1.29, 1.82) is 0 Å². The number of unbranched alkanes of at least 4 members (excludes halogenated alkanes) is 1. The molecule has 2 aromatic rings. The van der Waals surface area contributed by atoms with Gasteiger partial charge in [0.05, 0.1) is 12.1 Å². The van der Waals surface area contributed by atoms with Gasteiger partial charge in [-0.1, -0.05) is 30.0 Å². The predicted molar refractivity (Wildman–Crippen MR) is 99.3 cm³/mol. The highest BCUT2D eigenvalue weighted by molar-refractivity contribution is 8.13. The standard InChI is InChI=1S/C19H21N3O3S/c20-17(23)14-21-19(25)15-8-2-3-9-16(15)26-18(24)10-4-7-13-22-11-5-1-6-12-22/h1-3,5-6,8-9,11-12H,4,7,10,13-14H2,(H2-,20,21,23,25)/p+1. The van der Waals surface area contributed by atoms with E-state index in [2.05, 4.69) is 9.88 Å². The zero-order valence-corrected chi connectivity index (χ0v) is 15.2. The van der Waals surface area contributed by atoms with Crippen LogP contribution in [0.5, 0.6) is 0 Å². The Kier molecular flexibility index (Phi) is 7.82. The summed E-state index contributed by atoms with van der Waals surface area (Å²) in [6.45, 7) is 0.633. The van der Waals surface area contributed by atoms with Crippen molar-refractivity contribution in [3.8, 4) is 0 Å². The Balaban J connectivity index is 1.82. The first-order valence-electron chi connectivity index (χ1n) is 8.36. The maximum atomic E-state index is 12.2. The number of aromatic nitrogens is 1. The predicted octanol–water partition coefficient (Wildman–Crippen LogP) is 1.68. The topological polar surface area (TPSA) is 93.1 Å². The lowest BCUT2D eigenvalue weighted by molar-refractivity contribution is -0.697. The van der Waals surface area contributed by atoms with E-state index in [4.69, 9.17) is 5.73 Å². The summed E-state index contributed by atoms with van der Waals surface area (Å²) in [6.07, 6.45) is 6.12. The number of hydrogen-bond donors (Lipinski definition) is 2. The summed E-state index contributed by atoms with van der Waals surface area (Å²) >= 11 is 1.06. The second-order valence-electron chi connectivity index (χ2n) is 5.69. The van der Waals surface area contributed by atoms with Gasteiger partial charge in [0.15, 0.2) is 17.5 Å². The molecule has 3 N–H and O–H groups in total. The molecule has 0 unspecified atom stereocenters. The molecule has 0 atom stereocenters. The molecule has 0 saturated carbocycles. The van der Waals surface area contributed by atoms with Crippen LogP contribution in [0.3, 0.4) is 0 Å². The maximum Gasteiger partial charge on any atom is 0.252 e. The zero-order valence-electron chi connectivity index (χ0n) is 14.4. The molecular formula is C19H22N3O3S+. The van der Waals surface area contributed by atoms with Gasteiger partial charge in [0.2, 0.25) is 5.91 Å². The van der Waals surface area contributed by atoms with E-state index in [1.54, 1.807) is 24.3 Å². The van der Waals surface area contributed by atoms with Crippen molar-refractivity contribution in [2.24, 2.45) is 5.73 Å². The number of pyridine rings is 1. The molecule has 0 bridgehead atoms. The molecule has 2 amide bonds. The Labute approximate surface area is 156 Å². The highest BCUT2D eigenvalue weighted by atomic mass is 32.2. The lowest BCUT2D eigenvalue weighted by atomic mass is 10.2. The molecule has 0 fully saturated rings. The minimum Gasteiger partial charge on any atom is -0.368 e. The number of carbonyl (C=O) groups is 3. The number of nitrogens with zero attached hydrogens (tertiary/aromatic N) is 1. The van der Waals surface area contributed by atoms with Crippen LogP contribution in [0.1, 0.15) is 29.6 Å². The van der Waals surface area contributed by atoms with Crippen LogP contribution in [0.15, 0.2) is 59.8 Å². The number of primary amides is 1. The molecule has 0 radical (unpaired) electrons. The number of amides is 2. The minimum atomic E-state index is -0.615. The highest BCUT2D eigenvalue weighted by Crippen LogP contribution is 2.25. The van der Waals surface area contributed by atoms with Gasteiger partial charge in [-0.3, -0.25) is 14.4 Å². The van der Waals surface area contributed by atoms with Gasteiger partial charge < -0.3 is 11.1 Å². The summed E-state index contributed by atoms with van der Waals surface area (Å²) in [5.41, 5.74) is 5.40. The molecule has 2 rings (SSSR count). The Bertz CT molecular complexity index is 766. The molecule has 26 heavy (non-hydrogen) atoms. The van der Waals surface area contributed by atoms with E-state index in [-0.39, 0.29) is 11.7 Å². The average molecular weight is 372 g/mol. The van der Waals surface area contributed by atoms with Gasteiger partial charge in [-0.2, -0.15) is 0 Å². The third-order valence-corrected chi connectivity index (χ3v) is 4.61. The minimum absolute atomic E-state index is 0.0122. The van der Waals surface area contributed by atoms with Crippen LogP contribution in [-0.2, 0) is 16.1 Å². The summed E-state index contributed by atoms with van der Waals surface area (Å²) < 4.78 is 2.08. The van der Waals surface area contributed by atoms with Crippen LogP contribution in [0.2, 0.25) is 0 Å². The molecule has 136 valence electrons. The Morgan fingerprint density at radius 2 is 1.73 bits per heavy atom. The lowest BCUT2D eigenvalue weighted by Crippen LogP contribution is -2.33. The molecule has 1 aromatic carbocycles. The first-order valence-corrected chi connectivity index (χ1v) is 9.18. The van der Waals surface area contributed by atoms with Crippen LogP contribution in [-0.4, -0.2) is 23.5 Å². The number of carbonyl (C=O) groups excluding carboxylic acids is 3. The second-order valence-corrected chi connectivity index (χ2v) is 6.79. The molecule has 0 spiro atoms. The van der Waals surface area contributed by atoms with Gasteiger partial charge in [0.1, 0.15) is 6.54 Å². The summed E-state index contributed by atoms with van der Waals surface area (Å²) in [4.78, 5) is 35.7. The van der Waals surface area contributed by atoms with Crippen LogP contribution in [0.4, 0.5) is 0 Å². The number of benzene rings is 1. The second kappa shape index (κ2) is 10.4. The third-order valence-electron chi connectivity index (χ3n) is 3.60. The molecule has 0 aliphatic rings. The van der Waals surface area contributed by atoms with Gasteiger partial charge in [0, 0.05) is 29.9 Å². The Morgan fingerprint density at radius 1 is 1.00 bits per heavy atom. The highest BCUT2D eigenvalue weighted by Gasteiger charge is 2.15. The van der Waals surface area contributed by atoms with Crippen molar-refractivity contribution in [1.82, 2.24) is 5.32 Å². The number of nitrogens with one attached hydrogen (secondary N) is 1. The van der Waals surface area contributed by atoms with Gasteiger partial charge in [0.25, 0.3) is 5.91 Å². The molecule has 6 nitrogen and oxygen atoms in total. The Morgan fingerprint density at radius 3 is 2.46 bits per heavy atom. The van der Waals surface area contributed by atoms with E-state index in [0.717, 1.165) is 31.1 Å². The molecule has 7 heteroatoms. The van der Waals surface area contributed by atoms with Crippen LogP contribution >= 0.6 is 11.8 Å². The first kappa shape index (κ1) is 19.7. The van der Waals surface area contributed by atoms with E-state index in [1.165, 1.54) is 0 Å². The van der Waals surface area contributed by atoms with E-state index in [0.29, 0.717) is 16.9 Å². The fraction of sp³-hybridized carbons (Fsp3) is 0.263. The number of hydrogen-bond acceptors (Lipinski definition) is 4.